The van der Waals surface area contributed by atoms with Crippen LogP contribution in [-0.2, 0) is 9.53 Å². The molecule has 0 radical (unpaired) electrons. The fourth-order valence-corrected chi connectivity index (χ4v) is 2.00. The zero-order chi connectivity index (χ0) is 11.8. The number of nitrogens with zero attached hydrogens (tertiary/aromatic N) is 1. The van der Waals surface area contributed by atoms with Gasteiger partial charge in [-0.3, -0.25) is 4.79 Å². The number of hydrogen-bond donors (Lipinski definition) is 0. The normalized spacial score (nSPS) is 16.1. The zero-order valence-electron chi connectivity index (χ0n) is 10.7. The molecular weight excluding hydrogens is 202 g/mol. The van der Waals surface area contributed by atoms with Crippen LogP contribution in [0.1, 0.15) is 52.4 Å². The van der Waals surface area contributed by atoms with Crippen molar-refractivity contribution in [1.82, 2.24) is 4.90 Å². The van der Waals surface area contributed by atoms with Gasteiger partial charge in [-0.05, 0) is 39.5 Å². The third kappa shape index (κ3) is 5.50. The van der Waals surface area contributed by atoms with Crippen molar-refractivity contribution < 1.29 is 9.53 Å². The lowest BCUT2D eigenvalue weighted by molar-refractivity contribution is -0.130. The van der Waals surface area contributed by atoms with E-state index >= 15 is 0 Å². The van der Waals surface area contributed by atoms with Crippen LogP contribution in [0.4, 0.5) is 0 Å². The molecule has 0 aliphatic carbocycles. The lowest BCUT2D eigenvalue weighted by Crippen LogP contribution is -2.27. The van der Waals surface area contributed by atoms with E-state index in [2.05, 4.69) is 13.8 Å². The number of carbonyl (C=O) groups excluding carboxylic acids is 1. The van der Waals surface area contributed by atoms with Crippen molar-refractivity contribution >= 4 is 5.91 Å². The molecular formula is C13H25NO2. The Hall–Kier alpha value is -0.570. The highest BCUT2D eigenvalue weighted by atomic mass is 16.5. The average molecular weight is 227 g/mol. The topological polar surface area (TPSA) is 29.5 Å². The largest absolute Gasteiger partial charge is 0.379 e. The van der Waals surface area contributed by atoms with Gasteiger partial charge in [-0.1, -0.05) is 6.42 Å². The molecule has 1 fully saturated rings. The SMILES string of the molecule is CC(C)OCCCCCC(=O)N1CCCC1. The third-order valence-corrected chi connectivity index (χ3v) is 2.94. The molecule has 3 nitrogen and oxygen atoms in total. The predicted octanol–water partition coefficient (Wildman–Crippen LogP) is 2.59. The quantitative estimate of drug-likeness (QED) is 0.626. The van der Waals surface area contributed by atoms with Crippen LogP contribution in [0.25, 0.3) is 0 Å². The Morgan fingerprint density at radius 3 is 2.50 bits per heavy atom. The van der Waals surface area contributed by atoms with Gasteiger partial charge in [0, 0.05) is 26.1 Å². The molecule has 3 heteroatoms. The lowest BCUT2D eigenvalue weighted by Gasteiger charge is -2.14. The minimum Gasteiger partial charge on any atom is -0.379 e. The summed E-state index contributed by atoms with van der Waals surface area (Å²) >= 11 is 0. The first-order valence-electron chi connectivity index (χ1n) is 6.59. The minimum absolute atomic E-state index is 0.325. The van der Waals surface area contributed by atoms with Crippen LogP contribution in [0.15, 0.2) is 0 Å². The van der Waals surface area contributed by atoms with E-state index < -0.39 is 0 Å². The minimum atomic E-state index is 0.325. The molecule has 0 bridgehead atoms. The molecule has 1 heterocycles. The molecule has 1 aliphatic rings. The summed E-state index contributed by atoms with van der Waals surface area (Å²) in [6, 6.07) is 0. The van der Waals surface area contributed by atoms with Gasteiger partial charge >= 0.3 is 0 Å². The summed E-state index contributed by atoms with van der Waals surface area (Å²) in [5.74, 6) is 0.349. The van der Waals surface area contributed by atoms with Crippen LogP contribution < -0.4 is 0 Å². The Bertz CT molecular complexity index is 198. The molecule has 0 aromatic carbocycles. The Labute approximate surface area is 99.1 Å². The molecule has 1 rings (SSSR count). The summed E-state index contributed by atoms with van der Waals surface area (Å²) in [6.45, 7) is 6.90. The number of unbranched alkanes of at least 4 members (excludes halogenated alkanes) is 2. The highest BCUT2D eigenvalue weighted by Crippen LogP contribution is 2.11. The maximum atomic E-state index is 11.7. The maximum absolute atomic E-state index is 11.7. The summed E-state index contributed by atoms with van der Waals surface area (Å²) in [7, 11) is 0. The summed E-state index contributed by atoms with van der Waals surface area (Å²) in [5, 5.41) is 0. The third-order valence-electron chi connectivity index (χ3n) is 2.94. The molecule has 1 aliphatic heterocycles. The van der Waals surface area contributed by atoms with Gasteiger partial charge in [0.25, 0.3) is 0 Å². The van der Waals surface area contributed by atoms with Gasteiger partial charge < -0.3 is 9.64 Å². The second-order valence-electron chi connectivity index (χ2n) is 4.82. The van der Waals surface area contributed by atoms with Crippen molar-refractivity contribution in [2.45, 2.75) is 58.5 Å². The van der Waals surface area contributed by atoms with Crippen LogP contribution in [0.5, 0.6) is 0 Å². The van der Waals surface area contributed by atoms with E-state index in [-0.39, 0.29) is 0 Å². The molecule has 94 valence electrons. The van der Waals surface area contributed by atoms with Gasteiger partial charge in [-0.25, -0.2) is 0 Å². The maximum Gasteiger partial charge on any atom is 0.222 e. The number of hydrogen-bond acceptors (Lipinski definition) is 2. The Morgan fingerprint density at radius 1 is 1.19 bits per heavy atom. The van der Waals surface area contributed by atoms with E-state index in [1.165, 1.54) is 12.8 Å². The zero-order valence-corrected chi connectivity index (χ0v) is 10.7. The van der Waals surface area contributed by atoms with Gasteiger partial charge in [0.1, 0.15) is 0 Å². The molecule has 0 aromatic heterocycles. The van der Waals surface area contributed by atoms with Gasteiger partial charge in [-0.15, -0.1) is 0 Å². The Morgan fingerprint density at radius 2 is 1.88 bits per heavy atom. The molecule has 0 aromatic rings. The first-order chi connectivity index (χ1) is 7.70. The van der Waals surface area contributed by atoms with E-state index in [0.29, 0.717) is 12.0 Å². The number of amides is 1. The van der Waals surface area contributed by atoms with Crippen molar-refractivity contribution in [3.05, 3.63) is 0 Å². The number of ether oxygens (including phenoxy) is 1. The van der Waals surface area contributed by atoms with Crippen LogP contribution in [0, 0.1) is 0 Å². The highest BCUT2D eigenvalue weighted by molar-refractivity contribution is 5.76. The van der Waals surface area contributed by atoms with E-state index in [1.807, 2.05) is 4.90 Å². The average Bonchev–Trinajstić information content (AvgIpc) is 2.75. The molecule has 0 atom stereocenters. The molecule has 0 unspecified atom stereocenters. The second-order valence-corrected chi connectivity index (χ2v) is 4.82. The van der Waals surface area contributed by atoms with E-state index in [1.54, 1.807) is 0 Å². The fourth-order valence-electron chi connectivity index (χ4n) is 2.00. The van der Waals surface area contributed by atoms with Crippen LogP contribution in [0.3, 0.4) is 0 Å². The molecule has 1 amide bonds. The number of rotatable bonds is 7. The van der Waals surface area contributed by atoms with Crippen molar-refractivity contribution in [3.8, 4) is 0 Å². The van der Waals surface area contributed by atoms with Crippen LogP contribution in [0.2, 0.25) is 0 Å². The predicted molar refractivity (Wildman–Crippen MR) is 65.4 cm³/mol. The Balaban J connectivity index is 1.92. The number of likely N-dealkylation sites (tertiary alicyclic amines) is 1. The smallest absolute Gasteiger partial charge is 0.222 e. The van der Waals surface area contributed by atoms with Gasteiger partial charge in [0.15, 0.2) is 0 Å². The standard InChI is InChI=1S/C13H25NO2/c1-12(2)16-11-7-3-4-8-13(15)14-9-5-6-10-14/h12H,3-11H2,1-2H3. The van der Waals surface area contributed by atoms with Crippen molar-refractivity contribution in [1.29, 1.82) is 0 Å². The van der Waals surface area contributed by atoms with Crippen molar-refractivity contribution in [3.63, 3.8) is 0 Å². The van der Waals surface area contributed by atoms with Crippen molar-refractivity contribution in [2.75, 3.05) is 19.7 Å². The molecule has 1 saturated heterocycles. The Kier molecular flexibility index (Phi) is 6.46. The van der Waals surface area contributed by atoms with Crippen LogP contribution in [-0.4, -0.2) is 36.6 Å². The van der Waals surface area contributed by atoms with Gasteiger partial charge in [0.05, 0.1) is 6.10 Å². The summed E-state index contributed by atoms with van der Waals surface area (Å²) in [4.78, 5) is 13.7. The second kappa shape index (κ2) is 7.66. The molecule has 0 spiro atoms. The molecule has 0 saturated carbocycles. The van der Waals surface area contributed by atoms with E-state index in [4.69, 9.17) is 4.74 Å². The summed E-state index contributed by atoms with van der Waals surface area (Å²) < 4.78 is 5.45. The first kappa shape index (κ1) is 13.5. The summed E-state index contributed by atoms with van der Waals surface area (Å²) in [5.41, 5.74) is 0. The van der Waals surface area contributed by atoms with E-state index in [0.717, 1.165) is 45.4 Å². The van der Waals surface area contributed by atoms with Crippen LogP contribution >= 0.6 is 0 Å². The fraction of sp³-hybridized carbons (Fsp3) is 0.923. The van der Waals surface area contributed by atoms with Gasteiger partial charge in [0.2, 0.25) is 5.91 Å². The number of carbonyl (C=O) groups is 1. The van der Waals surface area contributed by atoms with E-state index in [9.17, 15) is 4.79 Å². The highest BCUT2D eigenvalue weighted by Gasteiger charge is 2.16. The summed E-state index contributed by atoms with van der Waals surface area (Å²) in [6.07, 6.45) is 6.62. The molecule has 0 N–H and O–H groups in total. The monoisotopic (exact) mass is 227 g/mol. The van der Waals surface area contributed by atoms with Gasteiger partial charge in [-0.2, -0.15) is 0 Å². The lowest BCUT2D eigenvalue weighted by atomic mass is 10.2. The first-order valence-corrected chi connectivity index (χ1v) is 6.59. The van der Waals surface area contributed by atoms with Crippen molar-refractivity contribution in [2.24, 2.45) is 0 Å². The molecule has 16 heavy (non-hydrogen) atoms.